The summed E-state index contributed by atoms with van der Waals surface area (Å²) in [6, 6.07) is 8.23. The van der Waals surface area contributed by atoms with Crippen molar-refractivity contribution < 1.29 is 9.53 Å². The van der Waals surface area contributed by atoms with Crippen LogP contribution in [-0.4, -0.2) is 35.7 Å². The number of carbonyl (C=O) groups excluding carboxylic acids is 1. The minimum Gasteiger partial charge on any atom is -0.450 e. The lowest BCUT2D eigenvalue weighted by molar-refractivity contribution is 0.0900. The number of aromatic nitrogens is 1. The normalized spacial score (nSPS) is 19.0. The Kier molecular flexibility index (Phi) is 5.74. The van der Waals surface area contributed by atoms with E-state index in [0.29, 0.717) is 25.6 Å². The van der Waals surface area contributed by atoms with Crippen LogP contribution in [-0.2, 0) is 4.74 Å². The Labute approximate surface area is 178 Å². The highest BCUT2D eigenvalue weighted by Crippen LogP contribution is 2.43. The van der Waals surface area contributed by atoms with Crippen molar-refractivity contribution in [2.24, 2.45) is 5.92 Å². The zero-order valence-corrected chi connectivity index (χ0v) is 18.0. The van der Waals surface area contributed by atoms with Crippen molar-refractivity contribution in [3.8, 4) is 0 Å². The number of hydrogen-bond donors (Lipinski definition) is 0. The fourth-order valence-electron chi connectivity index (χ4n) is 4.27. The van der Waals surface area contributed by atoms with Gasteiger partial charge in [-0.2, -0.15) is 0 Å². The number of hydrogen-bond acceptors (Lipinski definition) is 3. The lowest BCUT2D eigenvalue weighted by Crippen LogP contribution is -2.40. The fraction of sp³-hybridized carbons (Fsp3) is 0.364. The van der Waals surface area contributed by atoms with E-state index in [1.807, 2.05) is 30.2 Å². The summed E-state index contributed by atoms with van der Waals surface area (Å²) < 4.78 is 6.13. The van der Waals surface area contributed by atoms with Crippen LogP contribution in [0.2, 0.25) is 5.02 Å². The van der Waals surface area contributed by atoms with Gasteiger partial charge in [-0.3, -0.25) is 4.98 Å². The first kappa shape index (κ1) is 19.5. The van der Waals surface area contributed by atoms with Crippen molar-refractivity contribution in [3.05, 3.63) is 62.3 Å². The molecule has 0 N–H and O–H groups in total. The van der Waals surface area contributed by atoms with Crippen LogP contribution >= 0.6 is 27.5 Å². The molecule has 146 valence electrons. The average molecular weight is 462 g/mol. The van der Waals surface area contributed by atoms with E-state index in [9.17, 15) is 4.79 Å². The largest absolute Gasteiger partial charge is 0.450 e. The van der Waals surface area contributed by atoms with Gasteiger partial charge >= 0.3 is 6.09 Å². The topological polar surface area (TPSA) is 42.4 Å². The quantitative estimate of drug-likeness (QED) is 0.552. The minimum atomic E-state index is -0.210. The zero-order chi connectivity index (χ0) is 19.7. The number of fused-ring (bicyclic) bond motifs is 2. The highest BCUT2D eigenvalue weighted by Gasteiger charge is 2.34. The molecule has 0 radical (unpaired) electrons. The third kappa shape index (κ3) is 3.83. The molecular formula is C22H22BrClN2O2. The molecule has 2 aromatic rings. The molecule has 1 unspecified atom stereocenters. The van der Waals surface area contributed by atoms with Crippen LogP contribution < -0.4 is 0 Å². The molecule has 28 heavy (non-hydrogen) atoms. The third-order valence-corrected chi connectivity index (χ3v) is 6.24. The Morgan fingerprint density at radius 3 is 2.75 bits per heavy atom. The number of nitrogens with zero attached hydrogens (tertiary/aromatic N) is 2. The number of piperidine rings is 1. The molecule has 1 aromatic carbocycles. The molecule has 0 bridgehead atoms. The Bertz CT molecular complexity index is 867. The molecule has 2 aliphatic rings. The van der Waals surface area contributed by atoms with E-state index in [2.05, 4.69) is 40.2 Å². The third-order valence-electron chi connectivity index (χ3n) is 5.57. The van der Waals surface area contributed by atoms with Crippen molar-refractivity contribution >= 4 is 45.8 Å². The summed E-state index contributed by atoms with van der Waals surface area (Å²) in [6.07, 6.45) is 7.75. The van der Waals surface area contributed by atoms with Crippen LogP contribution in [0.1, 0.15) is 48.1 Å². The number of likely N-dealkylation sites (tertiary alicyclic amines) is 1. The van der Waals surface area contributed by atoms with Gasteiger partial charge in [-0.25, -0.2) is 4.79 Å². The first-order valence-electron chi connectivity index (χ1n) is 9.61. The maximum absolute atomic E-state index is 12.1. The van der Waals surface area contributed by atoms with Crippen molar-refractivity contribution in [3.63, 3.8) is 0 Å². The lowest BCUT2D eigenvalue weighted by Gasteiger charge is -2.36. The van der Waals surface area contributed by atoms with Gasteiger partial charge < -0.3 is 9.64 Å². The minimum absolute atomic E-state index is 0.176. The molecule has 1 aromatic heterocycles. The second kappa shape index (κ2) is 8.26. The molecular weight excluding hydrogens is 440 g/mol. The van der Waals surface area contributed by atoms with Crippen LogP contribution in [0.5, 0.6) is 0 Å². The van der Waals surface area contributed by atoms with Crippen molar-refractivity contribution in [1.82, 2.24) is 9.88 Å². The first-order valence-corrected chi connectivity index (χ1v) is 10.8. The molecule has 1 atom stereocenters. The van der Waals surface area contributed by atoms with Crippen molar-refractivity contribution in [2.75, 3.05) is 19.7 Å². The summed E-state index contributed by atoms with van der Waals surface area (Å²) in [5.74, 6) is 0.577. The molecule has 6 heteroatoms. The molecule has 0 spiro atoms. The Balaban J connectivity index is 1.69. The number of amides is 1. The molecule has 1 saturated heterocycles. The number of pyridine rings is 1. The first-order chi connectivity index (χ1) is 13.6. The van der Waals surface area contributed by atoms with E-state index in [4.69, 9.17) is 21.3 Å². The predicted octanol–water partition coefficient (Wildman–Crippen LogP) is 5.98. The molecule has 1 amide bonds. The number of benzene rings is 1. The van der Waals surface area contributed by atoms with Gasteiger partial charge in [-0.05, 0) is 76.5 Å². The lowest BCUT2D eigenvalue weighted by atomic mass is 9.76. The fourth-order valence-corrected chi connectivity index (χ4v) is 4.80. The molecule has 0 saturated carbocycles. The Morgan fingerprint density at radius 1 is 1.25 bits per heavy atom. The highest BCUT2D eigenvalue weighted by molar-refractivity contribution is 9.10. The van der Waals surface area contributed by atoms with Gasteiger partial charge in [0.25, 0.3) is 0 Å². The Morgan fingerprint density at radius 2 is 2.00 bits per heavy atom. The molecule has 2 heterocycles. The van der Waals surface area contributed by atoms with Gasteiger partial charge in [0, 0.05) is 34.7 Å². The SMILES string of the molecule is CCOC(=O)N1CCC(C2c3ccc(Cl)cc3C=Cc3cc(Br)cnc32)CC1. The Hall–Kier alpha value is -1.85. The molecule has 1 aliphatic heterocycles. The molecule has 4 nitrogen and oxygen atoms in total. The van der Waals surface area contributed by atoms with Crippen LogP contribution in [0.15, 0.2) is 34.9 Å². The van der Waals surface area contributed by atoms with E-state index >= 15 is 0 Å². The second-order valence-electron chi connectivity index (χ2n) is 7.24. The zero-order valence-electron chi connectivity index (χ0n) is 15.7. The van der Waals surface area contributed by atoms with E-state index in [1.165, 1.54) is 5.56 Å². The van der Waals surface area contributed by atoms with Gasteiger partial charge in [0.1, 0.15) is 0 Å². The van der Waals surface area contributed by atoms with E-state index < -0.39 is 0 Å². The predicted molar refractivity (Wildman–Crippen MR) is 115 cm³/mol. The number of carbonyl (C=O) groups is 1. The van der Waals surface area contributed by atoms with Crippen molar-refractivity contribution in [1.29, 1.82) is 0 Å². The molecule has 4 rings (SSSR count). The summed E-state index contributed by atoms with van der Waals surface area (Å²) >= 11 is 9.81. The van der Waals surface area contributed by atoms with Crippen LogP contribution in [0, 0.1) is 5.92 Å². The number of ether oxygens (including phenoxy) is 1. The second-order valence-corrected chi connectivity index (χ2v) is 8.59. The molecule has 1 aliphatic carbocycles. The number of rotatable bonds is 2. The number of halogens is 2. The van der Waals surface area contributed by atoms with E-state index in [0.717, 1.165) is 39.2 Å². The highest BCUT2D eigenvalue weighted by atomic mass is 79.9. The smallest absolute Gasteiger partial charge is 0.409 e. The maximum Gasteiger partial charge on any atom is 0.409 e. The van der Waals surface area contributed by atoms with Gasteiger partial charge in [0.2, 0.25) is 0 Å². The van der Waals surface area contributed by atoms with Crippen LogP contribution in [0.3, 0.4) is 0 Å². The van der Waals surface area contributed by atoms with Crippen LogP contribution in [0.4, 0.5) is 4.79 Å². The average Bonchev–Trinajstić information content (AvgIpc) is 2.84. The maximum atomic E-state index is 12.1. The van der Waals surface area contributed by atoms with Gasteiger partial charge in [0.15, 0.2) is 0 Å². The summed E-state index contributed by atoms with van der Waals surface area (Å²) in [5.41, 5.74) is 4.61. The summed E-state index contributed by atoms with van der Waals surface area (Å²) in [7, 11) is 0. The summed E-state index contributed by atoms with van der Waals surface area (Å²) in [4.78, 5) is 18.7. The van der Waals surface area contributed by atoms with Gasteiger partial charge in [0.05, 0.1) is 12.3 Å². The summed E-state index contributed by atoms with van der Waals surface area (Å²) in [5, 5.41) is 0.736. The van der Waals surface area contributed by atoms with Gasteiger partial charge in [-0.1, -0.05) is 29.8 Å². The monoisotopic (exact) mass is 460 g/mol. The standard InChI is InChI=1S/C22H22BrClN2O2/c1-2-28-22(27)26-9-7-14(8-10-26)20-19-6-5-18(24)12-15(19)3-4-16-11-17(23)13-25-21(16)20/h3-6,11-14,20H,2,7-10H2,1H3. The molecule has 1 fully saturated rings. The van der Waals surface area contributed by atoms with E-state index in [-0.39, 0.29) is 12.0 Å². The van der Waals surface area contributed by atoms with Crippen molar-refractivity contribution in [2.45, 2.75) is 25.7 Å². The van der Waals surface area contributed by atoms with Gasteiger partial charge in [-0.15, -0.1) is 0 Å². The summed E-state index contributed by atoms with van der Waals surface area (Å²) in [6.45, 7) is 3.67. The van der Waals surface area contributed by atoms with E-state index in [1.54, 1.807) is 0 Å². The van der Waals surface area contributed by atoms with Crippen LogP contribution in [0.25, 0.3) is 12.2 Å².